The van der Waals surface area contributed by atoms with Crippen LogP contribution in [0.5, 0.6) is 17.2 Å². The van der Waals surface area contributed by atoms with Crippen molar-refractivity contribution in [2.24, 2.45) is 0 Å². The Balaban J connectivity index is 1.55. The molecule has 1 fully saturated rings. The largest absolute Gasteiger partial charge is 0.495 e. The third-order valence-electron chi connectivity index (χ3n) is 5.97. The molecule has 168 valence electrons. The Hall–Kier alpha value is -2.93. The maximum Gasteiger partial charge on any atom is 0.277 e. The van der Waals surface area contributed by atoms with E-state index in [1.807, 2.05) is 44.3 Å². The van der Waals surface area contributed by atoms with Crippen molar-refractivity contribution in [1.29, 1.82) is 0 Å². The monoisotopic (exact) mass is 428 g/mol. The number of para-hydroxylation sites is 2. The Bertz CT molecular complexity index is 894. The lowest BCUT2D eigenvalue weighted by Gasteiger charge is -2.34. The first-order valence-electron chi connectivity index (χ1n) is 10.6. The van der Waals surface area contributed by atoms with Gasteiger partial charge in [-0.2, -0.15) is 0 Å². The van der Waals surface area contributed by atoms with Gasteiger partial charge in [0.05, 0.1) is 53.2 Å². The van der Waals surface area contributed by atoms with E-state index in [0.29, 0.717) is 24.6 Å². The SMILES string of the molecule is COc1cc(C)c(CN(C)C(=O)C[NH+]2CCN(c3ccccc3OC)CC2)cc1OC. The van der Waals surface area contributed by atoms with Gasteiger partial charge in [0, 0.05) is 13.6 Å². The minimum atomic E-state index is 0.148. The molecule has 3 rings (SSSR count). The van der Waals surface area contributed by atoms with Crippen molar-refractivity contribution < 1.29 is 23.9 Å². The zero-order valence-electron chi connectivity index (χ0n) is 19.2. The molecule has 7 heteroatoms. The number of rotatable bonds is 8. The normalized spacial score (nSPS) is 14.3. The molecule has 1 amide bonds. The maximum atomic E-state index is 12.9. The first-order chi connectivity index (χ1) is 15.0. The quantitative estimate of drug-likeness (QED) is 0.689. The number of amides is 1. The standard InChI is InChI=1S/C24H33N3O4/c1-18-14-22(30-4)23(31-5)15-19(18)16-25(2)24(28)17-26-10-12-27(13-11-26)20-8-6-7-9-21(20)29-3/h6-9,14-15H,10-13,16-17H2,1-5H3/p+1. The summed E-state index contributed by atoms with van der Waals surface area (Å²) in [5, 5.41) is 0. The molecule has 0 saturated carbocycles. The summed E-state index contributed by atoms with van der Waals surface area (Å²) in [6.45, 7) is 6.73. The molecule has 0 atom stereocenters. The number of hydrogen-bond acceptors (Lipinski definition) is 5. The third kappa shape index (κ3) is 5.41. The van der Waals surface area contributed by atoms with Gasteiger partial charge in [-0.05, 0) is 42.3 Å². The lowest BCUT2D eigenvalue weighted by Crippen LogP contribution is -3.15. The molecule has 31 heavy (non-hydrogen) atoms. The molecule has 2 aromatic rings. The zero-order valence-corrected chi connectivity index (χ0v) is 19.2. The van der Waals surface area contributed by atoms with E-state index in [1.54, 1.807) is 26.2 Å². The number of piperazine rings is 1. The van der Waals surface area contributed by atoms with E-state index in [-0.39, 0.29) is 5.91 Å². The highest BCUT2D eigenvalue weighted by molar-refractivity contribution is 5.77. The van der Waals surface area contributed by atoms with Gasteiger partial charge in [0.2, 0.25) is 0 Å². The summed E-state index contributed by atoms with van der Waals surface area (Å²) >= 11 is 0. The summed E-state index contributed by atoms with van der Waals surface area (Å²) in [5.41, 5.74) is 3.26. The fraction of sp³-hybridized carbons (Fsp3) is 0.458. The van der Waals surface area contributed by atoms with Gasteiger partial charge < -0.3 is 28.9 Å². The van der Waals surface area contributed by atoms with Crippen LogP contribution in [0.25, 0.3) is 0 Å². The summed E-state index contributed by atoms with van der Waals surface area (Å²) in [6, 6.07) is 12.0. The average molecular weight is 429 g/mol. The van der Waals surface area contributed by atoms with Crippen LogP contribution in [0.1, 0.15) is 11.1 Å². The molecule has 7 nitrogen and oxygen atoms in total. The van der Waals surface area contributed by atoms with Crippen molar-refractivity contribution in [3.63, 3.8) is 0 Å². The molecule has 1 saturated heterocycles. The predicted octanol–water partition coefficient (Wildman–Crippen LogP) is 1.38. The smallest absolute Gasteiger partial charge is 0.277 e. The van der Waals surface area contributed by atoms with Crippen molar-refractivity contribution in [3.05, 3.63) is 47.5 Å². The van der Waals surface area contributed by atoms with Crippen molar-refractivity contribution >= 4 is 11.6 Å². The maximum absolute atomic E-state index is 12.9. The highest BCUT2D eigenvalue weighted by Gasteiger charge is 2.25. The molecule has 0 aliphatic carbocycles. The molecule has 1 heterocycles. The number of ether oxygens (including phenoxy) is 3. The fourth-order valence-corrected chi connectivity index (χ4v) is 4.02. The Labute approximate surface area is 185 Å². The molecule has 1 N–H and O–H groups in total. The van der Waals surface area contributed by atoms with Gasteiger partial charge in [0.25, 0.3) is 5.91 Å². The number of aryl methyl sites for hydroxylation is 1. The van der Waals surface area contributed by atoms with Gasteiger partial charge in [0.15, 0.2) is 18.0 Å². The number of anilines is 1. The Morgan fingerprint density at radius 3 is 2.26 bits per heavy atom. The number of nitrogens with zero attached hydrogens (tertiary/aromatic N) is 2. The van der Waals surface area contributed by atoms with E-state index >= 15 is 0 Å². The predicted molar refractivity (Wildman–Crippen MR) is 122 cm³/mol. The van der Waals surface area contributed by atoms with Gasteiger partial charge in [-0.3, -0.25) is 4.79 Å². The van der Waals surface area contributed by atoms with Crippen molar-refractivity contribution in [3.8, 4) is 17.2 Å². The van der Waals surface area contributed by atoms with Crippen LogP contribution in [0, 0.1) is 6.92 Å². The molecule has 2 aromatic carbocycles. The summed E-state index contributed by atoms with van der Waals surface area (Å²) in [4.78, 5) is 18.3. The van der Waals surface area contributed by atoms with Gasteiger partial charge in [-0.15, -0.1) is 0 Å². The zero-order chi connectivity index (χ0) is 22.4. The summed E-state index contributed by atoms with van der Waals surface area (Å²) in [7, 11) is 6.82. The van der Waals surface area contributed by atoms with Crippen LogP contribution in [-0.4, -0.2) is 71.9 Å². The molecule has 1 aliphatic heterocycles. The second kappa shape index (κ2) is 10.4. The third-order valence-corrected chi connectivity index (χ3v) is 5.97. The average Bonchev–Trinajstić information content (AvgIpc) is 2.80. The van der Waals surface area contributed by atoms with Gasteiger partial charge in [-0.1, -0.05) is 12.1 Å². The van der Waals surface area contributed by atoms with Gasteiger partial charge >= 0.3 is 0 Å². The van der Waals surface area contributed by atoms with Crippen molar-refractivity contribution in [2.45, 2.75) is 13.5 Å². The Kier molecular flexibility index (Phi) is 7.63. The highest BCUT2D eigenvalue weighted by Crippen LogP contribution is 2.31. The molecule has 0 bridgehead atoms. The van der Waals surface area contributed by atoms with E-state index in [0.717, 1.165) is 48.7 Å². The number of quaternary nitrogens is 1. The van der Waals surface area contributed by atoms with Gasteiger partial charge in [-0.25, -0.2) is 0 Å². The van der Waals surface area contributed by atoms with Crippen LogP contribution in [-0.2, 0) is 11.3 Å². The van der Waals surface area contributed by atoms with Crippen molar-refractivity contribution in [1.82, 2.24) is 4.90 Å². The van der Waals surface area contributed by atoms with Crippen LogP contribution >= 0.6 is 0 Å². The molecule has 1 aliphatic rings. The van der Waals surface area contributed by atoms with Crippen LogP contribution in [0.2, 0.25) is 0 Å². The van der Waals surface area contributed by atoms with E-state index in [1.165, 1.54) is 4.90 Å². The van der Waals surface area contributed by atoms with Crippen LogP contribution in [0.4, 0.5) is 5.69 Å². The topological polar surface area (TPSA) is 55.7 Å². The molecular weight excluding hydrogens is 394 g/mol. The van der Waals surface area contributed by atoms with E-state index in [2.05, 4.69) is 11.0 Å². The summed E-state index contributed by atoms with van der Waals surface area (Å²) < 4.78 is 16.3. The lowest BCUT2D eigenvalue weighted by molar-refractivity contribution is -0.892. The summed E-state index contributed by atoms with van der Waals surface area (Å²) in [5.74, 6) is 2.43. The molecular formula is C24H34N3O4+. The van der Waals surface area contributed by atoms with E-state index in [4.69, 9.17) is 14.2 Å². The Morgan fingerprint density at radius 2 is 1.61 bits per heavy atom. The number of likely N-dealkylation sites (N-methyl/N-ethyl adjacent to an activating group) is 1. The van der Waals surface area contributed by atoms with Crippen molar-refractivity contribution in [2.75, 3.05) is 66.0 Å². The lowest BCUT2D eigenvalue weighted by atomic mass is 10.1. The molecule has 0 radical (unpaired) electrons. The second-order valence-corrected chi connectivity index (χ2v) is 7.97. The highest BCUT2D eigenvalue weighted by atomic mass is 16.5. The number of hydrogen-bond donors (Lipinski definition) is 1. The van der Waals surface area contributed by atoms with Crippen LogP contribution in [0.3, 0.4) is 0 Å². The number of methoxy groups -OCH3 is 3. The number of carbonyl (C=O) groups excluding carboxylic acids is 1. The van der Waals surface area contributed by atoms with E-state index < -0.39 is 0 Å². The minimum absolute atomic E-state index is 0.148. The Morgan fingerprint density at radius 1 is 1.00 bits per heavy atom. The minimum Gasteiger partial charge on any atom is -0.495 e. The first-order valence-corrected chi connectivity index (χ1v) is 10.6. The second-order valence-electron chi connectivity index (χ2n) is 7.97. The molecule has 0 aromatic heterocycles. The molecule has 0 spiro atoms. The van der Waals surface area contributed by atoms with E-state index in [9.17, 15) is 4.79 Å². The number of benzene rings is 2. The number of carbonyl (C=O) groups is 1. The number of nitrogens with one attached hydrogen (secondary N) is 1. The molecule has 0 unspecified atom stereocenters. The van der Waals surface area contributed by atoms with Gasteiger partial charge in [0.1, 0.15) is 5.75 Å². The fourth-order valence-electron chi connectivity index (χ4n) is 4.02. The van der Waals surface area contributed by atoms with Crippen LogP contribution in [0.15, 0.2) is 36.4 Å². The first kappa shape index (κ1) is 22.7. The van der Waals surface area contributed by atoms with Crippen LogP contribution < -0.4 is 24.0 Å². The summed E-state index contributed by atoms with van der Waals surface area (Å²) in [6.07, 6.45) is 0.